The van der Waals surface area contributed by atoms with Crippen molar-refractivity contribution in [3.63, 3.8) is 0 Å². The fourth-order valence-corrected chi connectivity index (χ4v) is 3.86. The van der Waals surface area contributed by atoms with E-state index in [1.54, 1.807) is 35.7 Å². The molecule has 0 aliphatic rings. The molecule has 0 saturated heterocycles. The van der Waals surface area contributed by atoms with Crippen LogP contribution in [-0.2, 0) is 15.4 Å². The van der Waals surface area contributed by atoms with Gasteiger partial charge in [-0.25, -0.2) is 8.42 Å². The molecule has 0 radical (unpaired) electrons. The van der Waals surface area contributed by atoms with Crippen LogP contribution in [0.1, 0.15) is 11.1 Å². The minimum Gasteiger partial charge on any atom is -0.269 e. The van der Waals surface area contributed by atoms with Crippen molar-refractivity contribution in [3.8, 4) is 6.07 Å². The monoisotopic (exact) mass is 356 g/mol. The van der Waals surface area contributed by atoms with Gasteiger partial charge in [-0.15, -0.1) is 11.3 Å². The molecule has 0 unspecified atom stereocenters. The van der Waals surface area contributed by atoms with E-state index in [2.05, 4.69) is 20.7 Å². The summed E-state index contributed by atoms with van der Waals surface area (Å²) in [4.78, 5) is 0.175. The van der Waals surface area contributed by atoms with Crippen molar-refractivity contribution in [2.45, 2.75) is 10.2 Å². The number of rotatable bonds is 4. The maximum absolute atomic E-state index is 12.1. The lowest BCUT2D eigenvalue weighted by atomic mass is 10.2. The van der Waals surface area contributed by atoms with E-state index in [1.165, 1.54) is 11.3 Å². The second-order valence-corrected chi connectivity index (χ2v) is 6.82. The van der Waals surface area contributed by atoms with Crippen LogP contribution in [0.3, 0.4) is 0 Å². The molecule has 0 aliphatic heterocycles. The van der Waals surface area contributed by atoms with E-state index in [-0.39, 0.29) is 4.90 Å². The molecule has 1 heterocycles. The average molecular weight is 357 g/mol. The topological polar surface area (TPSA) is 70.0 Å². The average Bonchev–Trinajstić information content (AvgIpc) is 2.85. The van der Waals surface area contributed by atoms with Crippen molar-refractivity contribution < 1.29 is 8.42 Å². The fourth-order valence-electron chi connectivity index (χ4n) is 1.42. The summed E-state index contributed by atoms with van der Waals surface area (Å²) in [5.74, 6) is 0. The summed E-state index contributed by atoms with van der Waals surface area (Å²) in [5.41, 5.74) is 1.32. The van der Waals surface area contributed by atoms with E-state index in [0.29, 0.717) is 15.9 Å². The van der Waals surface area contributed by atoms with Crippen molar-refractivity contribution in [2.75, 3.05) is 4.72 Å². The number of thiophene rings is 1. The van der Waals surface area contributed by atoms with Gasteiger partial charge in [0.2, 0.25) is 0 Å². The lowest BCUT2D eigenvalue weighted by molar-refractivity contribution is 0.601. The molecule has 19 heavy (non-hydrogen) atoms. The summed E-state index contributed by atoms with van der Waals surface area (Å²) in [6.07, 6.45) is 0. The number of hydrogen-bond donors (Lipinski definition) is 1. The molecule has 0 bridgehead atoms. The molecule has 4 nitrogen and oxygen atoms in total. The first kappa shape index (κ1) is 14.1. The quantitative estimate of drug-likeness (QED) is 0.854. The number of nitrogens with zero attached hydrogens (tertiary/aromatic N) is 1. The number of halogens is 1. The molecule has 2 rings (SSSR count). The van der Waals surface area contributed by atoms with Crippen LogP contribution in [0.15, 0.2) is 40.6 Å². The molecule has 1 aromatic heterocycles. The maximum Gasteiger partial charge on any atom is 0.262 e. The zero-order chi connectivity index (χ0) is 13.9. The van der Waals surface area contributed by atoms with E-state index in [0.717, 1.165) is 5.56 Å². The van der Waals surface area contributed by atoms with Gasteiger partial charge in [0.25, 0.3) is 10.0 Å². The van der Waals surface area contributed by atoms with Gasteiger partial charge in [0, 0.05) is 5.33 Å². The zero-order valence-corrected chi connectivity index (χ0v) is 12.8. The van der Waals surface area contributed by atoms with Gasteiger partial charge >= 0.3 is 0 Å². The first-order valence-electron chi connectivity index (χ1n) is 5.22. The lowest BCUT2D eigenvalue weighted by Gasteiger charge is -2.07. The summed E-state index contributed by atoms with van der Waals surface area (Å²) < 4.78 is 26.7. The highest BCUT2D eigenvalue weighted by molar-refractivity contribution is 9.08. The summed E-state index contributed by atoms with van der Waals surface area (Å²) >= 11 is 4.48. The smallest absolute Gasteiger partial charge is 0.262 e. The number of hydrogen-bond acceptors (Lipinski definition) is 4. The Hall–Kier alpha value is -1.36. The van der Waals surface area contributed by atoms with Gasteiger partial charge in [-0.2, -0.15) is 5.26 Å². The van der Waals surface area contributed by atoms with Gasteiger partial charge in [-0.1, -0.05) is 28.1 Å². The Balaban J connectivity index is 2.30. The summed E-state index contributed by atoms with van der Waals surface area (Å²) in [5, 5.41) is 11.5. The first-order chi connectivity index (χ1) is 9.06. The maximum atomic E-state index is 12.1. The highest BCUT2D eigenvalue weighted by Crippen LogP contribution is 2.25. The molecule has 0 fully saturated rings. The molecule has 0 aliphatic carbocycles. The molecular formula is C12H9BrN2O2S2. The summed E-state index contributed by atoms with van der Waals surface area (Å²) in [6.45, 7) is 0. The Bertz CT molecular complexity index is 715. The molecule has 1 N–H and O–H groups in total. The van der Waals surface area contributed by atoms with Gasteiger partial charge in [-0.3, -0.25) is 4.72 Å². The molecule has 7 heteroatoms. The van der Waals surface area contributed by atoms with Crippen LogP contribution in [0.25, 0.3) is 0 Å². The third kappa shape index (κ3) is 3.15. The van der Waals surface area contributed by atoms with Crippen LogP contribution in [0, 0.1) is 11.3 Å². The molecular weight excluding hydrogens is 348 g/mol. The Labute approximate surface area is 123 Å². The molecule has 2 aromatic rings. The fraction of sp³-hybridized carbons (Fsp3) is 0.0833. The lowest BCUT2D eigenvalue weighted by Crippen LogP contribution is -2.12. The van der Waals surface area contributed by atoms with Crippen LogP contribution < -0.4 is 4.72 Å². The van der Waals surface area contributed by atoms with Gasteiger partial charge in [0.05, 0.1) is 10.5 Å². The molecule has 98 valence electrons. The van der Waals surface area contributed by atoms with Crippen LogP contribution >= 0.6 is 27.3 Å². The number of benzene rings is 1. The van der Waals surface area contributed by atoms with Gasteiger partial charge < -0.3 is 0 Å². The van der Waals surface area contributed by atoms with E-state index in [4.69, 9.17) is 5.26 Å². The van der Waals surface area contributed by atoms with Crippen molar-refractivity contribution in [1.29, 1.82) is 5.26 Å². The van der Waals surface area contributed by atoms with Gasteiger partial charge in [0.15, 0.2) is 0 Å². The SMILES string of the molecule is N#Cc1ccsc1NS(=O)(=O)c1ccc(CBr)cc1. The standard InChI is InChI=1S/C12H9BrN2O2S2/c13-7-9-1-3-11(4-2-9)19(16,17)15-12-10(8-14)5-6-18-12/h1-6,15H,7H2. The predicted molar refractivity (Wildman–Crippen MR) is 78.9 cm³/mol. The van der Waals surface area contributed by atoms with Crippen molar-refractivity contribution in [1.82, 2.24) is 0 Å². The van der Waals surface area contributed by atoms with E-state index in [9.17, 15) is 8.42 Å². The minimum absolute atomic E-state index is 0.175. The van der Waals surface area contributed by atoms with Crippen LogP contribution in [0.5, 0.6) is 0 Å². The zero-order valence-electron chi connectivity index (χ0n) is 9.63. The number of nitriles is 1. The normalized spacial score (nSPS) is 10.9. The molecule has 1 aromatic carbocycles. The van der Waals surface area contributed by atoms with E-state index < -0.39 is 10.0 Å². The molecule has 0 atom stereocenters. The third-order valence-electron chi connectivity index (χ3n) is 2.40. The van der Waals surface area contributed by atoms with Crippen molar-refractivity contribution in [3.05, 3.63) is 46.8 Å². The largest absolute Gasteiger partial charge is 0.269 e. The molecule has 0 saturated carbocycles. The highest BCUT2D eigenvalue weighted by Gasteiger charge is 2.16. The number of sulfonamides is 1. The van der Waals surface area contributed by atoms with Crippen LogP contribution in [-0.4, -0.2) is 8.42 Å². The Morgan fingerprint density at radius 3 is 2.53 bits per heavy atom. The van der Waals surface area contributed by atoms with Gasteiger partial charge in [-0.05, 0) is 29.1 Å². The first-order valence-corrected chi connectivity index (χ1v) is 8.70. The van der Waals surface area contributed by atoms with Crippen molar-refractivity contribution >= 4 is 42.3 Å². The second kappa shape index (κ2) is 5.74. The second-order valence-electron chi connectivity index (χ2n) is 3.66. The summed E-state index contributed by atoms with van der Waals surface area (Å²) in [6, 6.07) is 10.1. The third-order valence-corrected chi connectivity index (χ3v) is 5.37. The van der Waals surface area contributed by atoms with E-state index in [1.807, 2.05) is 6.07 Å². The van der Waals surface area contributed by atoms with Crippen LogP contribution in [0.4, 0.5) is 5.00 Å². The van der Waals surface area contributed by atoms with E-state index >= 15 is 0 Å². The van der Waals surface area contributed by atoms with Crippen LogP contribution in [0.2, 0.25) is 0 Å². The summed E-state index contributed by atoms with van der Waals surface area (Å²) in [7, 11) is -3.65. The Morgan fingerprint density at radius 2 is 1.95 bits per heavy atom. The van der Waals surface area contributed by atoms with Gasteiger partial charge in [0.1, 0.15) is 11.1 Å². The Morgan fingerprint density at radius 1 is 1.26 bits per heavy atom. The predicted octanol–water partition coefficient (Wildman–Crippen LogP) is 3.32. The number of alkyl halides is 1. The molecule has 0 spiro atoms. The number of nitrogens with one attached hydrogen (secondary N) is 1. The highest BCUT2D eigenvalue weighted by atomic mass is 79.9. The minimum atomic E-state index is -3.65. The molecule has 0 amide bonds. The number of anilines is 1. The Kier molecular flexibility index (Phi) is 4.24. The van der Waals surface area contributed by atoms with Crippen molar-refractivity contribution in [2.24, 2.45) is 0 Å².